The second-order valence-corrected chi connectivity index (χ2v) is 4.23. The molecule has 0 amide bonds. The Morgan fingerprint density at radius 3 is 2.89 bits per heavy atom. The molecule has 98 valence electrons. The lowest BCUT2D eigenvalue weighted by Gasteiger charge is -2.15. The molecule has 6 nitrogen and oxygen atoms in total. The summed E-state index contributed by atoms with van der Waals surface area (Å²) in [7, 11) is 1.89. The summed E-state index contributed by atoms with van der Waals surface area (Å²) >= 11 is 0. The molecule has 0 aromatic carbocycles. The molecule has 0 saturated heterocycles. The fourth-order valence-electron chi connectivity index (χ4n) is 1.64. The van der Waals surface area contributed by atoms with E-state index in [1.54, 1.807) is 18.3 Å². The maximum Gasteiger partial charge on any atom is 0.246 e. The minimum atomic E-state index is 0.496. The molecule has 0 aliphatic heterocycles. The molecule has 0 aliphatic rings. The standard InChI is InChI=1S/C13H15N5O/c1-3-4-11-16-13(19-17-11)9-18(2)12-6-5-10(7-14)8-15-12/h5-6,8H,3-4,9H2,1-2H3. The zero-order chi connectivity index (χ0) is 13.7. The van der Waals surface area contributed by atoms with Crippen molar-refractivity contribution in [2.75, 3.05) is 11.9 Å². The lowest BCUT2D eigenvalue weighted by atomic mass is 10.3. The number of nitriles is 1. The molecule has 0 saturated carbocycles. The number of nitrogens with zero attached hydrogens (tertiary/aromatic N) is 5. The second-order valence-electron chi connectivity index (χ2n) is 4.23. The molecule has 0 atom stereocenters. The SMILES string of the molecule is CCCc1noc(CN(C)c2ccc(C#N)cn2)n1. The molecule has 0 fully saturated rings. The van der Waals surface area contributed by atoms with E-state index in [4.69, 9.17) is 9.78 Å². The number of hydrogen-bond acceptors (Lipinski definition) is 6. The highest BCUT2D eigenvalue weighted by atomic mass is 16.5. The summed E-state index contributed by atoms with van der Waals surface area (Å²) in [5.41, 5.74) is 0.542. The first-order chi connectivity index (χ1) is 9.22. The summed E-state index contributed by atoms with van der Waals surface area (Å²) in [4.78, 5) is 10.4. The van der Waals surface area contributed by atoms with Gasteiger partial charge in [0, 0.05) is 19.7 Å². The van der Waals surface area contributed by atoms with Gasteiger partial charge in [-0.2, -0.15) is 10.2 Å². The van der Waals surface area contributed by atoms with Crippen LogP contribution in [0.4, 0.5) is 5.82 Å². The second kappa shape index (κ2) is 5.96. The van der Waals surface area contributed by atoms with E-state index in [2.05, 4.69) is 22.0 Å². The van der Waals surface area contributed by atoms with Crippen molar-refractivity contribution < 1.29 is 4.52 Å². The van der Waals surface area contributed by atoms with Crippen LogP contribution in [0.3, 0.4) is 0 Å². The van der Waals surface area contributed by atoms with Gasteiger partial charge in [0.1, 0.15) is 11.9 Å². The molecule has 0 radical (unpaired) electrons. The van der Waals surface area contributed by atoms with Crippen LogP contribution < -0.4 is 4.90 Å². The number of pyridine rings is 1. The Morgan fingerprint density at radius 1 is 1.42 bits per heavy atom. The quantitative estimate of drug-likeness (QED) is 0.814. The normalized spacial score (nSPS) is 10.2. The van der Waals surface area contributed by atoms with Gasteiger partial charge in [-0.15, -0.1) is 0 Å². The van der Waals surface area contributed by atoms with Crippen LogP contribution in [0, 0.1) is 11.3 Å². The molecule has 0 unspecified atom stereocenters. The van der Waals surface area contributed by atoms with E-state index in [1.165, 1.54) is 0 Å². The molecular formula is C13H15N5O. The van der Waals surface area contributed by atoms with E-state index in [9.17, 15) is 0 Å². The molecule has 2 aromatic rings. The largest absolute Gasteiger partial charge is 0.350 e. The molecular weight excluding hydrogens is 242 g/mol. The Labute approximate surface area is 111 Å². The monoisotopic (exact) mass is 257 g/mol. The highest BCUT2D eigenvalue weighted by Crippen LogP contribution is 2.12. The molecule has 2 aromatic heterocycles. The third-order valence-corrected chi connectivity index (χ3v) is 2.62. The van der Waals surface area contributed by atoms with E-state index in [1.807, 2.05) is 18.0 Å². The third kappa shape index (κ3) is 3.28. The highest BCUT2D eigenvalue weighted by Gasteiger charge is 2.10. The van der Waals surface area contributed by atoms with Gasteiger partial charge in [-0.1, -0.05) is 12.1 Å². The van der Waals surface area contributed by atoms with Crippen molar-refractivity contribution in [3.05, 3.63) is 35.6 Å². The summed E-state index contributed by atoms with van der Waals surface area (Å²) in [6.45, 7) is 2.57. The van der Waals surface area contributed by atoms with Crippen molar-refractivity contribution in [3.63, 3.8) is 0 Å². The van der Waals surface area contributed by atoms with Crippen LogP contribution in [0.2, 0.25) is 0 Å². The Bertz CT molecular complexity index is 569. The lowest BCUT2D eigenvalue weighted by Crippen LogP contribution is -2.17. The van der Waals surface area contributed by atoms with Crippen molar-refractivity contribution in [1.82, 2.24) is 15.1 Å². The van der Waals surface area contributed by atoms with E-state index in [-0.39, 0.29) is 0 Å². The molecule has 0 bridgehead atoms. The number of rotatable bonds is 5. The first-order valence-corrected chi connectivity index (χ1v) is 6.11. The number of aryl methyl sites for hydroxylation is 1. The van der Waals surface area contributed by atoms with Crippen molar-refractivity contribution >= 4 is 5.82 Å². The van der Waals surface area contributed by atoms with E-state index < -0.39 is 0 Å². The first-order valence-electron chi connectivity index (χ1n) is 6.11. The minimum absolute atomic E-state index is 0.496. The molecule has 6 heteroatoms. The Morgan fingerprint density at radius 2 is 2.26 bits per heavy atom. The van der Waals surface area contributed by atoms with Crippen LogP contribution >= 0.6 is 0 Å². The van der Waals surface area contributed by atoms with Gasteiger partial charge < -0.3 is 9.42 Å². The van der Waals surface area contributed by atoms with Crippen LogP contribution in [0.15, 0.2) is 22.9 Å². The fourth-order valence-corrected chi connectivity index (χ4v) is 1.64. The van der Waals surface area contributed by atoms with Crippen LogP contribution in [-0.2, 0) is 13.0 Å². The number of anilines is 1. The van der Waals surface area contributed by atoms with Crippen molar-refractivity contribution in [3.8, 4) is 6.07 Å². The van der Waals surface area contributed by atoms with Gasteiger partial charge in [0.25, 0.3) is 0 Å². The van der Waals surface area contributed by atoms with Gasteiger partial charge in [0.15, 0.2) is 5.82 Å². The first kappa shape index (κ1) is 13.0. The summed E-state index contributed by atoms with van der Waals surface area (Å²) in [5.74, 6) is 2.06. The maximum absolute atomic E-state index is 8.72. The maximum atomic E-state index is 8.72. The molecule has 0 aliphatic carbocycles. The van der Waals surface area contributed by atoms with Gasteiger partial charge >= 0.3 is 0 Å². The van der Waals surface area contributed by atoms with Crippen molar-refractivity contribution in [2.45, 2.75) is 26.3 Å². The lowest BCUT2D eigenvalue weighted by molar-refractivity contribution is 0.372. The van der Waals surface area contributed by atoms with Gasteiger partial charge in [-0.3, -0.25) is 0 Å². The Hall–Kier alpha value is -2.42. The number of aromatic nitrogens is 3. The summed E-state index contributed by atoms with van der Waals surface area (Å²) in [6.07, 6.45) is 3.36. The zero-order valence-corrected chi connectivity index (χ0v) is 11.0. The summed E-state index contributed by atoms with van der Waals surface area (Å²) in [5, 5.41) is 12.6. The summed E-state index contributed by atoms with van der Waals surface area (Å²) in [6, 6.07) is 5.56. The van der Waals surface area contributed by atoms with Crippen molar-refractivity contribution in [1.29, 1.82) is 5.26 Å². The van der Waals surface area contributed by atoms with E-state index in [0.717, 1.165) is 24.5 Å². The molecule has 2 heterocycles. The molecule has 0 N–H and O–H groups in total. The van der Waals surface area contributed by atoms with E-state index in [0.29, 0.717) is 18.0 Å². The fraction of sp³-hybridized carbons (Fsp3) is 0.385. The van der Waals surface area contributed by atoms with Gasteiger partial charge in [0.2, 0.25) is 5.89 Å². The Kier molecular flexibility index (Phi) is 4.08. The van der Waals surface area contributed by atoms with Crippen LogP contribution in [0.25, 0.3) is 0 Å². The molecule has 0 spiro atoms. The minimum Gasteiger partial charge on any atom is -0.350 e. The molecule has 19 heavy (non-hydrogen) atoms. The predicted octanol–water partition coefficient (Wildman–Crippen LogP) is 1.93. The average Bonchev–Trinajstić information content (AvgIpc) is 2.86. The predicted molar refractivity (Wildman–Crippen MR) is 69.4 cm³/mol. The van der Waals surface area contributed by atoms with Crippen LogP contribution in [-0.4, -0.2) is 22.2 Å². The third-order valence-electron chi connectivity index (χ3n) is 2.62. The van der Waals surface area contributed by atoms with Crippen LogP contribution in [0.1, 0.15) is 30.6 Å². The van der Waals surface area contributed by atoms with Crippen LogP contribution in [0.5, 0.6) is 0 Å². The smallest absolute Gasteiger partial charge is 0.246 e. The Balaban J connectivity index is 2.02. The highest BCUT2D eigenvalue weighted by molar-refractivity contribution is 5.40. The van der Waals surface area contributed by atoms with E-state index >= 15 is 0 Å². The topological polar surface area (TPSA) is 78.8 Å². The van der Waals surface area contributed by atoms with Gasteiger partial charge in [-0.05, 0) is 18.6 Å². The molecule has 2 rings (SSSR count). The van der Waals surface area contributed by atoms with Crippen molar-refractivity contribution in [2.24, 2.45) is 0 Å². The van der Waals surface area contributed by atoms with Gasteiger partial charge in [-0.25, -0.2) is 4.98 Å². The number of hydrogen-bond donors (Lipinski definition) is 0. The zero-order valence-electron chi connectivity index (χ0n) is 11.0. The summed E-state index contributed by atoms with van der Waals surface area (Å²) < 4.78 is 5.17. The average molecular weight is 257 g/mol. The van der Waals surface area contributed by atoms with Gasteiger partial charge in [0.05, 0.1) is 12.1 Å².